The van der Waals surface area contributed by atoms with E-state index >= 15 is 0 Å². The van der Waals surface area contributed by atoms with Gasteiger partial charge >= 0.3 is 5.97 Å². The van der Waals surface area contributed by atoms with Gasteiger partial charge < -0.3 is 10.1 Å². The Morgan fingerprint density at radius 1 is 1.12 bits per heavy atom. The molecule has 124 valence electrons. The van der Waals surface area contributed by atoms with Crippen LogP contribution in [0.5, 0.6) is 0 Å². The number of nitrogens with zero attached hydrogens (tertiary/aromatic N) is 1. The molecule has 1 aromatic carbocycles. The first-order valence-electron chi connectivity index (χ1n) is 7.10. The number of esters is 1. The van der Waals surface area contributed by atoms with Crippen LogP contribution in [0.25, 0.3) is 0 Å². The summed E-state index contributed by atoms with van der Waals surface area (Å²) in [7, 11) is 0. The topological polar surface area (TPSA) is 85.4 Å². The number of carbonyl (C=O) groups is 3. The van der Waals surface area contributed by atoms with Gasteiger partial charge in [0.15, 0.2) is 6.10 Å². The minimum atomic E-state index is -0.942. The van der Waals surface area contributed by atoms with Gasteiger partial charge in [0.2, 0.25) is 11.7 Å². The maximum atomic E-state index is 12.3. The fourth-order valence-corrected chi connectivity index (χ4v) is 2.33. The molecular weight excluding hydrogens is 376 g/mol. The second-order valence-corrected chi connectivity index (χ2v) is 5.98. The standard InChI is InChI=1S/C17H15BrN2O4/c1-10(24-17(23)13-7-14(18)9-19-8-13)16(22)12-3-5-15(6-4-12)20-11(2)21/h3-10H,1-2H3,(H,20,21)/t10-/m1/s1. The Balaban J connectivity index is 2.03. The van der Waals surface area contributed by atoms with Crippen molar-refractivity contribution in [2.45, 2.75) is 20.0 Å². The highest BCUT2D eigenvalue weighted by atomic mass is 79.9. The third kappa shape index (κ3) is 4.73. The lowest BCUT2D eigenvalue weighted by Gasteiger charge is -2.12. The molecule has 0 fully saturated rings. The second-order valence-electron chi connectivity index (χ2n) is 5.06. The van der Waals surface area contributed by atoms with E-state index in [0.717, 1.165) is 0 Å². The van der Waals surface area contributed by atoms with E-state index in [4.69, 9.17) is 4.74 Å². The molecule has 1 N–H and O–H groups in total. The smallest absolute Gasteiger partial charge is 0.340 e. The van der Waals surface area contributed by atoms with Gasteiger partial charge in [0.05, 0.1) is 5.56 Å². The Hall–Kier alpha value is -2.54. The molecule has 6 nitrogen and oxygen atoms in total. The molecular formula is C17H15BrN2O4. The third-order valence-corrected chi connectivity index (χ3v) is 3.52. The van der Waals surface area contributed by atoms with Gasteiger partial charge in [-0.25, -0.2) is 4.79 Å². The third-order valence-electron chi connectivity index (χ3n) is 3.08. The van der Waals surface area contributed by atoms with Gasteiger partial charge in [-0.05, 0) is 53.2 Å². The molecule has 1 aromatic heterocycles. The summed E-state index contributed by atoms with van der Waals surface area (Å²) in [5.74, 6) is -1.15. The summed E-state index contributed by atoms with van der Waals surface area (Å²) in [4.78, 5) is 39.2. The number of pyridine rings is 1. The lowest BCUT2D eigenvalue weighted by Crippen LogP contribution is -2.24. The highest BCUT2D eigenvalue weighted by Gasteiger charge is 2.20. The van der Waals surface area contributed by atoms with Crippen molar-refractivity contribution in [2.24, 2.45) is 0 Å². The monoisotopic (exact) mass is 390 g/mol. The van der Waals surface area contributed by atoms with Gasteiger partial charge in [0.1, 0.15) is 0 Å². The summed E-state index contributed by atoms with van der Waals surface area (Å²) in [6, 6.07) is 7.93. The van der Waals surface area contributed by atoms with Crippen molar-refractivity contribution in [1.29, 1.82) is 0 Å². The van der Waals surface area contributed by atoms with Crippen molar-refractivity contribution in [3.63, 3.8) is 0 Å². The molecule has 2 aromatic rings. The number of nitrogens with one attached hydrogen (secondary N) is 1. The average Bonchev–Trinajstić information content (AvgIpc) is 2.54. The number of rotatable bonds is 5. The van der Waals surface area contributed by atoms with Crippen molar-refractivity contribution < 1.29 is 19.1 Å². The minimum Gasteiger partial charge on any atom is -0.451 e. The quantitative estimate of drug-likeness (QED) is 0.625. The highest BCUT2D eigenvalue weighted by Crippen LogP contribution is 2.15. The summed E-state index contributed by atoms with van der Waals surface area (Å²) in [6.45, 7) is 2.91. The van der Waals surface area contributed by atoms with E-state index in [2.05, 4.69) is 26.2 Å². The SMILES string of the molecule is CC(=O)Nc1ccc(C(=O)[C@@H](C)OC(=O)c2cncc(Br)c2)cc1. The molecule has 0 unspecified atom stereocenters. The zero-order valence-electron chi connectivity index (χ0n) is 13.1. The Kier molecular flexibility index (Phi) is 5.81. The number of benzene rings is 1. The minimum absolute atomic E-state index is 0.195. The van der Waals surface area contributed by atoms with E-state index in [9.17, 15) is 14.4 Å². The average molecular weight is 391 g/mol. The van der Waals surface area contributed by atoms with Crippen LogP contribution >= 0.6 is 15.9 Å². The van der Waals surface area contributed by atoms with Crippen LogP contribution in [0.1, 0.15) is 34.6 Å². The van der Waals surface area contributed by atoms with E-state index in [-0.39, 0.29) is 17.3 Å². The normalized spacial score (nSPS) is 11.5. The lowest BCUT2D eigenvalue weighted by molar-refractivity contribution is -0.114. The van der Waals surface area contributed by atoms with E-state index in [0.29, 0.717) is 15.7 Å². The molecule has 0 saturated heterocycles. The molecule has 0 aliphatic carbocycles. The van der Waals surface area contributed by atoms with E-state index in [1.165, 1.54) is 20.0 Å². The molecule has 24 heavy (non-hydrogen) atoms. The number of ketones is 1. The van der Waals surface area contributed by atoms with Gasteiger partial charge in [0.25, 0.3) is 0 Å². The number of anilines is 1. The van der Waals surface area contributed by atoms with E-state index in [1.807, 2.05) is 0 Å². The fraction of sp³-hybridized carbons (Fsp3) is 0.176. The summed E-state index contributed by atoms with van der Waals surface area (Å²) >= 11 is 3.22. The molecule has 2 rings (SSSR count). The first kappa shape index (κ1) is 17.8. The van der Waals surface area contributed by atoms with Crippen molar-refractivity contribution in [3.05, 3.63) is 58.3 Å². The Morgan fingerprint density at radius 2 is 1.79 bits per heavy atom. The molecule has 0 bridgehead atoms. The zero-order chi connectivity index (χ0) is 17.7. The van der Waals surface area contributed by atoms with Gasteiger partial charge in [-0.15, -0.1) is 0 Å². The maximum Gasteiger partial charge on any atom is 0.340 e. The Bertz CT molecular complexity index is 774. The maximum absolute atomic E-state index is 12.3. The molecule has 1 heterocycles. The van der Waals surface area contributed by atoms with Crippen LogP contribution in [0.15, 0.2) is 47.2 Å². The number of aromatic nitrogens is 1. The zero-order valence-corrected chi connectivity index (χ0v) is 14.7. The number of halogens is 1. The van der Waals surface area contributed by atoms with Crippen LogP contribution in [-0.4, -0.2) is 28.7 Å². The highest BCUT2D eigenvalue weighted by molar-refractivity contribution is 9.10. The molecule has 0 aliphatic rings. The summed E-state index contributed by atoms with van der Waals surface area (Å²) in [5.41, 5.74) is 1.23. The molecule has 1 atom stereocenters. The van der Waals surface area contributed by atoms with E-state index < -0.39 is 12.1 Å². The van der Waals surface area contributed by atoms with Crippen molar-refractivity contribution in [2.75, 3.05) is 5.32 Å². The lowest BCUT2D eigenvalue weighted by atomic mass is 10.1. The predicted molar refractivity (Wildman–Crippen MR) is 91.9 cm³/mol. The van der Waals surface area contributed by atoms with Crippen LogP contribution < -0.4 is 5.32 Å². The van der Waals surface area contributed by atoms with Gasteiger partial charge in [-0.3, -0.25) is 14.6 Å². The van der Waals surface area contributed by atoms with E-state index in [1.54, 1.807) is 36.5 Å². The number of hydrogen-bond donors (Lipinski definition) is 1. The van der Waals surface area contributed by atoms with Crippen molar-refractivity contribution >= 4 is 39.3 Å². The number of amides is 1. The molecule has 0 spiro atoms. The van der Waals surface area contributed by atoms with Gasteiger partial charge in [-0.1, -0.05) is 0 Å². The second kappa shape index (κ2) is 7.83. The summed E-state index contributed by atoms with van der Waals surface area (Å²) < 4.78 is 5.83. The molecule has 1 amide bonds. The van der Waals surface area contributed by atoms with Crippen LogP contribution in [0, 0.1) is 0 Å². The van der Waals surface area contributed by atoms with Crippen molar-refractivity contribution in [1.82, 2.24) is 4.98 Å². The predicted octanol–water partition coefficient (Wildman–Crippen LogP) is 3.23. The Labute approximate surface area is 147 Å². The number of Topliss-reactive ketones (excluding diaryl/α,β-unsaturated/α-hetero) is 1. The van der Waals surface area contributed by atoms with Crippen LogP contribution in [0.3, 0.4) is 0 Å². The molecule has 0 radical (unpaired) electrons. The number of hydrogen-bond acceptors (Lipinski definition) is 5. The summed E-state index contributed by atoms with van der Waals surface area (Å²) in [5, 5.41) is 2.61. The molecule has 0 saturated carbocycles. The molecule has 0 aliphatic heterocycles. The number of carbonyl (C=O) groups excluding carboxylic acids is 3. The van der Waals surface area contributed by atoms with Crippen molar-refractivity contribution in [3.8, 4) is 0 Å². The van der Waals surface area contributed by atoms with Crippen LogP contribution in [-0.2, 0) is 9.53 Å². The fourth-order valence-electron chi connectivity index (χ4n) is 1.96. The Morgan fingerprint density at radius 3 is 2.38 bits per heavy atom. The number of ether oxygens (including phenoxy) is 1. The molecule has 7 heteroatoms. The van der Waals surface area contributed by atoms with Crippen LogP contribution in [0.4, 0.5) is 5.69 Å². The first-order chi connectivity index (χ1) is 11.4. The summed E-state index contributed by atoms with van der Waals surface area (Å²) in [6.07, 6.45) is 1.97. The van der Waals surface area contributed by atoms with Gasteiger partial charge in [0, 0.05) is 35.0 Å². The largest absolute Gasteiger partial charge is 0.451 e. The van der Waals surface area contributed by atoms with Gasteiger partial charge in [-0.2, -0.15) is 0 Å². The van der Waals surface area contributed by atoms with Crippen LogP contribution in [0.2, 0.25) is 0 Å². The first-order valence-corrected chi connectivity index (χ1v) is 7.89.